The molecule has 2 fully saturated rings. The molecular weight excluding hydrogens is 454 g/mol. The van der Waals surface area contributed by atoms with Crippen LogP contribution in [0.4, 0.5) is 0 Å². The maximum absolute atomic E-state index is 12.9. The molecule has 10 heteroatoms. The second-order valence-corrected chi connectivity index (χ2v) is 11.6. The van der Waals surface area contributed by atoms with Gasteiger partial charge in [0, 0.05) is 65.6 Å². The highest BCUT2D eigenvalue weighted by atomic mass is 32.2. The van der Waals surface area contributed by atoms with Crippen LogP contribution in [0.15, 0.2) is 23.1 Å². The largest absolute Gasteiger partial charge is 0.339 e. The van der Waals surface area contributed by atoms with Gasteiger partial charge in [-0.25, -0.2) is 17.7 Å². The van der Waals surface area contributed by atoms with Crippen molar-refractivity contribution in [3.63, 3.8) is 0 Å². The number of aromatic nitrogens is 2. The van der Waals surface area contributed by atoms with Crippen LogP contribution in [0, 0.1) is 5.92 Å². The lowest BCUT2D eigenvalue weighted by Crippen LogP contribution is -2.51. The standard InChI is InChI=1S/C24H35N5O4S/c1-4-5-12-29-21-9-8-19(34(32,33)26(2)3)17-20(21)25-22(29)10-11-23(30)27-13-15-28(16-14-27)24(31)18-6-7-18/h8-9,17-18H,4-7,10-16H2,1-3H3. The first-order valence-corrected chi connectivity index (χ1v) is 13.6. The number of sulfonamides is 1. The van der Waals surface area contributed by atoms with Gasteiger partial charge in [0.15, 0.2) is 0 Å². The summed E-state index contributed by atoms with van der Waals surface area (Å²) in [5.41, 5.74) is 1.52. The van der Waals surface area contributed by atoms with Crippen LogP contribution in [-0.4, -0.2) is 84.2 Å². The number of carbonyl (C=O) groups is 2. The number of piperazine rings is 1. The van der Waals surface area contributed by atoms with Crippen LogP contribution in [0.3, 0.4) is 0 Å². The molecule has 0 atom stereocenters. The Bertz CT molecular complexity index is 1160. The number of rotatable bonds is 9. The van der Waals surface area contributed by atoms with Gasteiger partial charge in [-0.2, -0.15) is 0 Å². The molecule has 2 aromatic rings. The van der Waals surface area contributed by atoms with Crippen molar-refractivity contribution >= 4 is 32.9 Å². The topological polar surface area (TPSA) is 95.8 Å². The molecule has 1 saturated heterocycles. The van der Waals surface area contributed by atoms with Gasteiger partial charge in [-0.05, 0) is 37.5 Å². The summed E-state index contributed by atoms with van der Waals surface area (Å²) >= 11 is 0. The average molecular weight is 490 g/mol. The fourth-order valence-electron chi connectivity index (χ4n) is 4.43. The molecule has 0 unspecified atom stereocenters. The lowest BCUT2D eigenvalue weighted by molar-refractivity contribution is -0.140. The minimum absolute atomic E-state index is 0.0727. The Kier molecular flexibility index (Phi) is 7.28. The number of nitrogens with zero attached hydrogens (tertiary/aromatic N) is 5. The normalized spacial score (nSPS) is 17.1. The molecule has 0 N–H and O–H groups in total. The van der Waals surface area contributed by atoms with Crippen LogP contribution in [0.25, 0.3) is 11.0 Å². The Hall–Kier alpha value is -2.46. The van der Waals surface area contributed by atoms with E-state index in [1.807, 2.05) is 15.9 Å². The number of hydrogen-bond acceptors (Lipinski definition) is 5. The summed E-state index contributed by atoms with van der Waals surface area (Å²) in [5, 5.41) is 0. The highest BCUT2D eigenvalue weighted by Gasteiger charge is 2.35. The van der Waals surface area contributed by atoms with E-state index in [9.17, 15) is 18.0 Å². The van der Waals surface area contributed by atoms with Gasteiger partial charge >= 0.3 is 0 Å². The average Bonchev–Trinajstić information content (AvgIpc) is 3.62. The number of unbranched alkanes of at least 4 members (excludes halogenated alkanes) is 1. The molecule has 34 heavy (non-hydrogen) atoms. The number of aryl methyl sites for hydroxylation is 2. The zero-order valence-electron chi connectivity index (χ0n) is 20.4. The van der Waals surface area contributed by atoms with E-state index in [0.717, 1.165) is 43.6 Å². The van der Waals surface area contributed by atoms with Crippen molar-refractivity contribution in [2.24, 2.45) is 5.92 Å². The number of benzene rings is 1. The van der Waals surface area contributed by atoms with Crippen molar-refractivity contribution in [1.82, 2.24) is 23.7 Å². The van der Waals surface area contributed by atoms with E-state index in [4.69, 9.17) is 4.98 Å². The first-order valence-electron chi connectivity index (χ1n) is 12.2. The van der Waals surface area contributed by atoms with Gasteiger partial charge < -0.3 is 14.4 Å². The van der Waals surface area contributed by atoms with Gasteiger partial charge in [-0.1, -0.05) is 13.3 Å². The summed E-state index contributed by atoms with van der Waals surface area (Å²) in [6.07, 6.45) is 4.83. The lowest BCUT2D eigenvalue weighted by atomic mass is 10.2. The number of imidazole rings is 1. The third kappa shape index (κ3) is 5.12. The van der Waals surface area contributed by atoms with E-state index in [1.54, 1.807) is 12.1 Å². The van der Waals surface area contributed by atoms with Gasteiger partial charge in [-0.15, -0.1) is 0 Å². The zero-order chi connectivity index (χ0) is 24.5. The minimum atomic E-state index is -3.55. The quantitative estimate of drug-likeness (QED) is 0.538. The third-order valence-electron chi connectivity index (χ3n) is 6.75. The summed E-state index contributed by atoms with van der Waals surface area (Å²) in [6, 6.07) is 5.06. The number of fused-ring (bicyclic) bond motifs is 1. The van der Waals surface area contributed by atoms with E-state index in [1.165, 1.54) is 18.4 Å². The fraction of sp³-hybridized carbons (Fsp3) is 0.625. The first kappa shape index (κ1) is 24.7. The Morgan fingerprint density at radius 3 is 2.38 bits per heavy atom. The molecule has 2 aliphatic rings. The van der Waals surface area contributed by atoms with Crippen LogP contribution in [-0.2, 0) is 32.6 Å². The van der Waals surface area contributed by atoms with E-state index in [0.29, 0.717) is 44.5 Å². The van der Waals surface area contributed by atoms with Gasteiger partial charge in [0.1, 0.15) is 5.82 Å². The number of amides is 2. The predicted octanol–water partition coefficient (Wildman–Crippen LogP) is 2.10. The SMILES string of the molecule is CCCCn1c(CCC(=O)N2CCN(C(=O)C3CC3)CC2)nc2cc(S(=O)(=O)N(C)C)ccc21. The number of hydrogen-bond donors (Lipinski definition) is 0. The van der Waals surface area contributed by atoms with Crippen molar-refractivity contribution in [3.8, 4) is 0 Å². The molecule has 1 aliphatic carbocycles. The van der Waals surface area contributed by atoms with E-state index >= 15 is 0 Å². The molecule has 4 rings (SSSR count). The van der Waals surface area contributed by atoms with Crippen LogP contribution in [0.1, 0.15) is 44.9 Å². The Labute approximate surface area is 201 Å². The van der Waals surface area contributed by atoms with Gasteiger partial charge in [0.2, 0.25) is 21.8 Å². The summed E-state index contributed by atoms with van der Waals surface area (Å²) in [6.45, 7) is 5.28. The van der Waals surface area contributed by atoms with Crippen LogP contribution in [0.2, 0.25) is 0 Å². The predicted molar refractivity (Wildman–Crippen MR) is 130 cm³/mol. The molecule has 0 bridgehead atoms. The van der Waals surface area contributed by atoms with Crippen LogP contribution in [0.5, 0.6) is 0 Å². The maximum Gasteiger partial charge on any atom is 0.242 e. The fourth-order valence-corrected chi connectivity index (χ4v) is 5.35. The maximum atomic E-state index is 12.9. The van der Waals surface area contributed by atoms with Crippen molar-refractivity contribution < 1.29 is 18.0 Å². The van der Waals surface area contributed by atoms with Gasteiger partial charge in [0.25, 0.3) is 0 Å². The van der Waals surface area contributed by atoms with Gasteiger partial charge in [0.05, 0.1) is 15.9 Å². The highest BCUT2D eigenvalue weighted by molar-refractivity contribution is 7.89. The van der Waals surface area contributed by atoms with Crippen molar-refractivity contribution in [1.29, 1.82) is 0 Å². The van der Waals surface area contributed by atoms with Crippen LogP contribution < -0.4 is 0 Å². The number of carbonyl (C=O) groups excluding carboxylic acids is 2. The second kappa shape index (κ2) is 10.0. The summed E-state index contributed by atoms with van der Waals surface area (Å²) in [7, 11) is -0.522. The molecule has 1 aromatic heterocycles. The molecule has 186 valence electrons. The molecular formula is C24H35N5O4S. The molecule has 0 spiro atoms. The molecule has 1 aromatic carbocycles. The molecule has 0 radical (unpaired) electrons. The van der Waals surface area contributed by atoms with Gasteiger partial charge in [-0.3, -0.25) is 9.59 Å². The zero-order valence-corrected chi connectivity index (χ0v) is 21.2. The molecule has 9 nitrogen and oxygen atoms in total. The molecule has 1 saturated carbocycles. The molecule has 1 aliphatic heterocycles. The summed E-state index contributed by atoms with van der Waals surface area (Å²) in [5.74, 6) is 1.33. The minimum Gasteiger partial charge on any atom is -0.339 e. The summed E-state index contributed by atoms with van der Waals surface area (Å²) < 4.78 is 28.4. The highest BCUT2D eigenvalue weighted by Crippen LogP contribution is 2.31. The van der Waals surface area contributed by atoms with Crippen molar-refractivity contribution in [2.75, 3.05) is 40.3 Å². The molecule has 2 amide bonds. The Balaban J connectivity index is 1.45. The Morgan fingerprint density at radius 2 is 1.76 bits per heavy atom. The monoisotopic (exact) mass is 489 g/mol. The molecule has 2 heterocycles. The third-order valence-corrected chi connectivity index (χ3v) is 8.56. The smallest absolute Gasteiger partial charge is 0.242 e. The van der Waals surface area contributed by atoms with E-state index < -0.39 is 10.0 Å². The summed E-state index contributed by atoms with van der Waals surface area (Å²) in [4.78, 5) is 33.8. The Morgan fingerprint density at radius 1 is 1.09 bits per heavy atom. The second-order valence-electron chi connectivity index (χ2n) is 9.45. The first-order chi connectivity index (χ1) is 16.2. The van der Waals surface area contributed by atoms with E-state index in [-0.39, 0.29) is 22.6 Å². The lowest BCUT2D eigenvalue weighted by Gasteiger charge is -2.35. The van der Waals surface area contributed by atoms with E-state index in [2.05, 4.69) is 11.5 Å². The van der Waals surface area contributed by atoms with Crippen LogP contribution >= 0.6 is 0 Å². The van der Waals surface area contributed by atoms with Crippen molar-refractivity contribution in [3.05, 3.63) is 24.0 Å². The van der Waals surface area contributed by atoms with Crippen molar-refractivity contribution in [2.45, 2.75) is 56.9 Å².